The summed E-state index contributed by atoms with van der Waals surface area (Å²) in [6.07, 6.45) is -5.55. The van der Waals surface area contributed by atoms with Gasteiger partial charge in [-0.05, 0) is 23.8 Å². The Morgan fingerprint density at radius 2 is 1.88 bits per heavy atom. The van der Waals surface area contributed by atoms with Crippen LogP contribution in [0.15, 0.2) is 48.5 Å². The van der Waals surface area contributed by atoms with Crippen LogP contribution >= 0.6 is 0 Å². The Bertz CT molecular complexity index is 1050. The lowest BCUT2D eigenvalue weighted by Gasteiger charge is -2.44. The molecule has 0 aliphatic carbocycles. The van der Waals surface area contributed by atoms with Crippen molar-refractivity contribution in [2.75, 3.05) is 35.2 Å². The highest BCUT2D eigenvalue weighted by molar-refractivity contribution is 6.05. The maximum Gasteiger partial charge on any atom is 0.471 e. The van der Waals surface area contributed by atoms with Gasteiger partial charge in [-0.2, -0.15) is 13.2 Å². The van der Waals surface area contributed by atoms with Crippen molar-refractivity contribution >= 4 is 35.0 Å². The fourth-order valence-corrected chi connectivity index (χ4v) is 3.65. The summed E-state index contributed by atoms with van der Waals surface area (Å²) < 4.78 is 42.8. The van der Waals surface area contributed by atoms with E-state index < -0.39 is 30.1 Å². The molecule has 0 radical (unpaired) electrons. The van der Waals surface area contributed by atoms with Gasteiger partial charge < -0.3 is 25.2 Å². The minimum absolute atomic E-state index is 0.0899. The smallest absolute Gasteiger partial charge is 0.445 e. The second kappa shape index (κ2) is 8.40. The maximum absolute atomic E-state index is 12.6. The second-order valence-corrected chi connectivity index (χ2v) is 7.37. The first-order chi connectivity index (χ1) is 15.2. The van der Waals surface area contributed by atoms with Gasteiger partial charge in [0.05, 0.1) is 17.9 Å². The molecule has 0 saturated carbocycles. The molecular formula is C21H19F3N4O4. The number of halogens is 3. The molecule has 2 aromatic carbocycles. The molecule has 1 saturated heterocycles. The molecule has 2 aliphatic rings. The van der Waals surface area contributed by atoms with Crippen LogP contribution in [0.3, 0.4) is 0 Å². The number of benzene rings is 2. The van der Waals surface area contributed by atoms with E-state index in [0.29, 0.717) is 18.8 Å². The zero-order valence-corrected chi connectivity index (χ0v) is 16.7. The van der Waals surface area contributed by atoms with Crippen molar-refractivity contribution in [1.82, 2.24) is 4.90 Å². The lowest BCUT2D eigenvalue weighted by Crippen LogP contribution is -2.61. The van der Waals surface area contributed by atoms with Crippen LogP contribution in [0.25, 0.3) is 0 Å². The number of carbonyl (C=O) groups excluding carboxylic acids is 3. The number of rotatable bonds is 3. The number of amides is 3. The van der Waals surface area contributed by atoms with Crippen molar-refractivity contribution < 1.29 is 32.3 Å². The average Bonchev–Trinajstić information content (AvgIpc) is 2.77. The summed E-state index contributed by atoms with van der Waals surface area (Å²) in [6, 6.07) is 12.7. The van der Waals surface area contributed by atoms with E-state index in [1.165, 1.54) is 23.1 Å². The zero-order chi connectivity index (χ0) is 22.9. The van der Waals surface area contributed by atoms with Crippen LogP contribution in [-0.4, -0.2) is 54.7 Å². The van der Waals surface area contributed by atoms with Gasteiger partial charge in [0.2, 0.25) is 5.91 Å². The highest BCUT2D eigenvalue weighted by Crippen LogP contribution is 2.36. The number of ether oxygens (including phenoxy) is 1. The molecule has 0 bridgehead atoms. The number of piperazine rings is 1. The van der Waals surface area contributed by atoms with Crippen molar-refractivity contribution in [3.63, 3.8) is 0 Å². The topological polar surface area (TPSA) is 91.0 Å². The molecule has 0 spiro atoms. The van der Waals surface area contributed by atoms with E-state index in [1.807, 2.05) is 30.3 Å². The van der Waals surface area contributed by atoms with Gasteiger partial charge in [-0.25, -0.2) is 4.79 Å². The van der Waals surface area contributed by atoms with E-state index in [-0.39, 0.29) is 24.5 Å². The van der Waals surface area contributed by atoms with Crippen molar-refractivity contribution in [3.05, 3.63) is 54.1 Å². The quantitative estimate of drug-likeness (QED) is 0.754. The third-order valence-corrected chi connectivity index (χ3v) is 5.23. The maximum atomic E-state index is 12.6. The van der Waals surface area contributed by atoms with E-state index in [2.05, 4.69) is 5.32 Å². The molecule has 3 amide bonds. The number of nitrogens with zero attached hydrogens (tertiary/aromatic N) is 2. The van der Waals surface area contributed by atoms with Crippen LogP contribution in [0.2, 0.25) is 0 Å². The average molecular weight is 448 g/mol. The fraction of sp³-hybridized carbons (Fsp3) is 0.286. The summed E-state index contributed by atoms with van der Waals surface area (Å²) in [5.41, 5.74) is 1.63. The van der Waals surface area contributed by atoms with Crippen molar-refractivity contribution in [3.8, 4) is 0 Å². The van der Waals surface area contributed by atoms with Gasteiger partial charge in [0.25, 0.3) is 0 Å². The summed E-state index contributed by atoms with van der Waals surface area (Å²) in [7, 11) is 0. The molecule has 1 atom stereocenters. The van der Waals surface area contributed by atoms with Gasteiger partial charge in [0.1, 0.15) is 12.6 Å². The van der Waals surface area contributed by atoms with Gasteiger partial charge in [0, 0.05) is 18.8 Å². The van der Waals surface area contributed by atoms with Crippen LogP contribution in [0.5, 0.6) is 0 Å². The van der Waals surface area contributed by atoms with Crippen molar-refractivity contribution in [2.24, 2.45) is 0 Å². The minimum atomic E-state index is -5.02. The molecule has 11 heteroatoms. The van der Waals surface area contributed by atoms with Crippen molar-refractivity contribution in [1.29, 1.82) is 0 Å². The first kappa shape index (κ1) is 21.5. The summed E-state index contributed by atoms with van der Waals surface area (Å²) in [6.45, 7) is 0.862. The van der Waals surface area contributed by atoms with Crippen LogP contribution in [0.1, 0.15) is 5.56 Å². The Labute approximate surface area is 180 Å². The van der Waals surface area contributed by atoms with E-state index in [9.17, 15) is 27.6 Å². The molecule has 1 fully saturated rings. The fourth-order valence-electron chi connectivity index (χ4n) is 3.65. The number of carbonyl (C=O) groups is 3. The van der Waals surface area contributed by atoms with Gasteiger partial charge in [-0.1, -0.05) is 30.3 Å². The molecule has 32 heavy (non-hydrogen) atoms. The predicted molar refractivity (Wildman–Crippen MR) is 109 cm³/mol. The van der Waals surface area contributed by atoms with Crippen LogP contribution in [0.4, 0.5) is 35.0 Å². The largest absolute Gasteiger partial charge is 0.471 e. The van der Waals surface area contributed by atoms with E-state index in [4.69, 9.17) is 4.74 Å². The SMILES string of the molecule is O=C1Nc2cc(NC(=O)C(F)(F)F)ccc2N2CCN(C(=O)OCc3ccccc3)CC12. The second-order valence-electron chi connectivity index (χ2n) is 7.37. The summed E-state index contributed by atoms with van der Waals surface area (Å²) >= 11 is 0. The highest BCUT2D eigenvalue weighted by Gasteiger charge is 2.40. The number of hydrogen-bond acceptors (Lipinski definition) is 5. The first-order valence-corrected chi connectivity index (χ1v) is 9.78. The van der Waals surface area contributed by atoms with Crippen LogP contribution in [-0.2, 0) is 20.9 Å². The lowest BCUT2D eigenvalue weighted by atomic mass is 10.0. The number of alkyl halides is 3. The molecular weight excluding hydrogens is 429 g/mol. The van der Waals surface area contributed by atoms with Crippen LogP contribution in [0, 0.1) is 0 Å². The molecule has 2 N–H and O–H groups in total. The molecule has 2 aromatic rings. The first-order valence-electron chi connectivity index (χ1n) is 9.78. The number of anilines is 3. The molecule has 4 rings (SSSR count). The minimum Gasteiger partial charge on any atom is -0.445 e. The highest BCUT2D eigenvalue weighted by atomic mass is 19.4. The molecule has 1 unspecified atom stereocenters. The predicted octanol–water partition coefficient (Wildman–Crippen LogP) is 2.97. The van der Waals surface area contributed by atoms with Gasteiger partial charge in [-0.3, -0.25) is 9.59 Å². The van der Waals surface area contributed by atoms with Gasteiger partial charge in [0.15, 0.2) is 0 Å². The Hall–Kier alpha value is -3.76. The standard InChI is InChI=1S/C21H19F3N4O4/c22-21(23,24)19(30)25-14-6-7-16-15(10-14)26-18(29)17-11-27(8-9-28(16)17)20(31)32-12-13-4-2-1-3-5-13/h1-7,10,17H,8-9,11-12H2,(H,25,30)(H,26,29). The molecule has 168 valence electrons. The number of hydrogen-bond donors (Lipinski definition) is 2. The van der Waals surface area contributed by atoms with Crippen molar-refractivity contribution in [2.45, 2.75) is 18.8 Å². The summed E-state index contributed by atoms with van der Waals surface area (Å²) in [5, 5.41) is 4.40. The molecule has 8 nitrogen and oxygen atoms in total. The van der Waals surface area contributed by atoms with Gasteiger partial charge >= 0.3 is 18.2 Å². The van der Waals surface area contributed by atoms with Gasteiger partial charge in [-0.15, -0.1) is 0 Å². The third-order valence-electron chi connectivity index (χ3n) is 5.23. The Morgan fingerprint density at radius 1 is 1.12 bits per heavy atom. The normalized spacial score (nSPS) is 17.7. The van der Waals surface area contributed by atoms with Crippen LogP contribution < -0.4 is 15.5 Å². The Morgan fingerprint density at radius 3 is 2.59 bits per heavy atom. The van der Waals surface area contributed by atoms with E-state index in [0.717, 1.165) is 5.56 Å². The Kier molecular flexibility index (Phi) is 5.64. The zero-order valence-electron chi connectivity index (χ0n) is 16.7. The molecule has 2 heterocycles. The molecule has 2 aliphatic heterocycles. The Balaban J connectivity index is 1.42. The molecule has 0 aromatic heterocycles. The summed E-state index contributed by atoms with van der Waals surface area (Å²) in [5.74, 6) is -2.50. The van der Waals surface area contributed by atoms with E-state index >= 15 is 0 Å². The monoisotopic (exact) mass is 448 g/mol. The van der Waals surface area contributed by atoms with E-state index in [1.54, 1.807) is 10.2 Å². The lowest BCUT2D eigenvalue weighted by molar-refractivity contribution is -0.167. The number of nitrogens with one attached hydrogen (secondary N) is 2. The number of fused-ring (bicyclic) bond motifs is 3. The third kappa shape index (κ3) is 4.46. The summed E-state index contributed by atoms with van der Waals surface area (Å²) in [4.78, 5) is 39.5.